The topological polar surface area (TPSA) is 60.1 Å². The largest absolute Gasteiger partial charge is 0.377 e. The van der Waals surface area contributed by atoms with Crippen LogP contribution in [0.15, 0.2) is 48.5 Å². The van der Waals surface area contributed by atoms with Crippen molar-refractivity contribution in [3.8, 4) is 23.3 Å². The molecule has 3 rings (SSSR count). The molecule has 0 aliphatic carbocycles. The van der Waals surface area contributed by atoms with Crippen molar-refractivity contribution in [2.75, 3.05) is 19.8 Å². The van der Waals surface area contributed by atoms with Crippen LogP contribution in [-0.2, 0) is 11.3 Å². The number of hydrogen-bond acceptors (Lipinski definition) is 4. The van der Waals surface area contributed by atoms with Gasteiger partial charge in [0.05, 0.1) is 30.9 Å². The van der Waals surface area contributed by atoms with Crippen LogP contribution >= 0.6 is 0 Å². The first-order chi connectivity index (χ1) is 11.3. The Morgan fingerprint density at radius 3 is 2.61 bits per heavy atom. The summed E-state index contributed by atoms with van der Waals surface area (Å²) < 4.78 is 5.35. The van der Waals surface area contributed by atoms with Gasteiger partial charge < -0.3 is 4.74 Å². The van der Waals surface area contributed by atoms with Crippen molar-refractivity contribution in [2.45, 2.75) is 12.6 Å². The molecule has 1 fully saturated rings. The highest BCUT2D eigenvalue weighted by Crippen LogP contribution is 2.24. The number of nitriles is 2. The van der Waals surface area contributed by atoms with Crippen LogP contribution in [-0.4, -0.2) is 30.7 Å². The first-order valence-electron chi connectivity index (χ1n) is 7.61. The third-order valence-electron chi connectivity index (χ3n) is 4.09. The Bertz CT molecular complexity index is 755. The standard InChI is InChI=1S/C19H17N3O/c20-11-17-3-1-2-4-19(17)16-7-5-15(6-8-16)13-22-9-10-23-14-18(22)12-21/h1-8,18H,9-10,13-14H2/t18-/m0/s1. The molecule has 4 nitrogen and oxygen atoms in total. The van der Waals surface area contributed by atoms with Gasteiger partial charge in [-0.25, -0.2) is 0 Å². The normalized spacial score (nSPS) is 18.1. The van der Waals surface area contributed by atoms with E-state index in [0.717, 1.165) is 29.8 Å². The lowest BCUT2D eigenvalue weighted by molar-refractivity contribution is 0.00890. The maximum atomic E-state index is 9.21. The number of ether oxygens (including phenoxy) is 1. The zero-order valence-corrected chi connectivity index (χ0v) is 12.8. The molecule has 0 saturated carbocycles. The monoisotopic (exact) mass is 303 g/mol. The second kappa shape index (κ2) is 7.07. The van der Waals surface area contributed by atoms with Gasteiger partial charge in [-0.1, -0.05) is 42.5 Å². The van der Waals surface area contributed by atoms with E-state index in [4.69, 9.17) is 4.74 Å². The first kappa shape index (κ1) is 15.2. The van der Waals surface area contributed by atoms with Crippen molar-refractivity contribution in [1.82, 2.24) is 4.90 Å². The van der Waals surface area contributed by atoms with E-state index >= 15 is 0 Å². The molecule has 1 aliphatic heterocycles. The lowest BCUT2D eigenvalue weighted by Gasteiger charge is -2.31. The van der Waals surface area contributed by atoms with E-state index in [2.05, 4.69) is 29.2 Å². The van der Waals surface area contributed by atoms with Crippen LogP contribution in [0.1, 0.15) is 11.1 Å². The van der Waals surface area contributed by atoms with Gasteiger partial charge in [-0.15, -0.1) is 0 Å². The second-order valence-electron chi connectivity index (χ2n) is 5.54. The average molecular weight is 303 g/mol. The summed E-state index contributed by atoms with van der Waals surface area (Å²) in [6.45, 7) is 2.66. The van der Waals surface area contributed by atoms with E-state index < -0.39 is 0 Å². The summed E-state index contributed by atoms with van der Waals surface area (Å²) in [6, 6.07) is 20.1. The Morgan fingerprint density at radius 1 is 1.09 bits per heavy atom. The van der Waals surface area contributed by atoms with E-state index in [-0.39, 0.29) is 6.04 Å². The van der Waals surface area contributed by atoms with Gasteiger partial charge in [-0.3, -0.25) is 4.90 Å². The zero-order chi connectivity index (χ0) is 16.1. The summed E-state index contributed by atoms with van der Waals surface area (Å²) >= 11 is 0. The predicted octanol–water partition coefficient (Wildman–Crippen LogP) is 2.95. The molecule has 0 amide bonds. The van der Waals surface area contributed by atoms with Gasteiger partial charge in [-0.05, 0) is 22.8 Å². The number of nitrogens with zero attached hydrogens (tertiary/aromatic N) is 3. The van der Waals surface area contributed by atoms with Crippen LogP contribution in [0.25, 0.3) is 11.1 Å². The van der Waals surface area contributed by atoms with Crippen LogP contribution in [0.2, 0.25) is 0 Å². The number of rotatable bonds is 3. The first-order valence-corrected chi connectivity index (χ1v) is 7.61. The van der Waals surface area contributed by atoms with Gasteiger partial charge in [0, 0.05) is 13.1 Å². The summed E-state index contributed by atoms with van der Waals surface area (Å²) in [5.41, 5.74) is 3.82. The molecule has 0 spiro atoms. The van der Waals surface area contributed by atoms with Crippen LogP contribution in [0, 0.1) is 22.7 Å². The highest BCUT2D eigenvalue weighted by molar-refractivity contribution is 5.70. The summed E-state index contributed by atoms with van der Waals surface area (Å²) in [5, 5.41) is 18.4. The van der Waals surface area contributed by atoms with Crippen molar-refractivity contribution in [2.24, 2.45) is 0 Å². The Labute approximate surface area is 136 Å². The van der Waals surface area contributed by atoms with E-state index in [1.807, 2.05) is 36.4 Å². The Balaban J connectivity index is 1.77. The summed E-state index contributed by atoms with van der Waals surface area (Å²) in [4.78, 5) is 2.14. The van der Waals surface area contributed by atoms with Gasteiger partial charge >= 0.3 is 0 Å². The molecule has 0 N–H and O–H groups in total. The number of benzene rings is 2. The molecule has 1 atom stereocenters. The quantitative estimate of drug-likeness (QED) is 0.874. The molecule has 23 heavy (non-hydrogen) atoms. The third kappa shape index (κ3) is 3.40. The van der Waals surface area contributed by atoms with Crippen LogP contribution in [0.4, 0.5) is 0 Å². The lowest BCUT2D eigenvalue weighted by Crippen LogP contribution is -2.43. The molecule has 0 radical (unpaired) electrons. The molecule has 0 bridgehead atoms. The van der Waals surface area contributed by atoms with Gasteiger partial charge in [0.1, 0.15) is 6.04 Å². The zero-order valence-electron chi connectivity index (χ0n) is 12.8. The molecule has 1 saturated heterocycles. The molecule has 2 aromatic carbocycles. The van der Waals surface area contributed by atoms with Crippen molar-refractivity contribution >= 4 is 0 Å². The van der Waals surface area contributed by atoms with Crippen molar-refractivity contribution < 1.29 is 4.74 Å². The minimum absolute atomic E-state index is 0.178. The fraction of sp³-hybridized carbons (Fsp3) is 0.263. The maximum Gasteiger partial charge on any atom is 0.122 e. The number of hydrogen-bond donors (Lipinski definition) is 0. The van der Waals surface area contributed by atoms with Crippen LogP contribution in [0.3, 0.4) is 0 Å². The van der Waals surface area contributed by atoms with Crippen LogP contribution < -0.4 is 0 Å². The van der Waals surface area contributed by atoms with Crippen molar-refractivity contribution in [3.05, 3.63) is 59.7 Å². The van der Waals surface area contributed by atoms with Gasteiger partial charge in [0.15, 0.2) is 0 Å². The molecule has 1 aliphatic rings. The van der Waals surface area contributed by atoms with Crippen molar-refractivity contribution in [1.29, 1.82) is 10.5 Å². The fourth-order valence-electron chi connectivity index (χ4n) is 2.80. The van der Waals surface area contributed by atoms with Gasteiger partial charge in [0.25, 0.3) is 0 Å². The van der Waals surface area contributed by atoms with Crippen LogP contribution in [0.5, 0.6) is 0 Å². The van der Waals surface area contributed by atoms with Crippen molar-refractivity contribution in [3.63, 3.8) is 0 Å². The van der Waals surface area contributed by atoms with E-state index in [0.29, 0.717) is 18.8 Å². The Morgan fingerprint density at radius 2 is 1.87 bits per heavy atom. The molecule has 4 heteroatoms. The van der Waals surface area contributed by atoms with E-state index in [9.17, 15) is 10.5 Å². The Hall–Kier alpha value is -2.66. The highest BCUT2D eigenvalue weighted by atomic mass is 16.5. The smallest absolute Gasteiger partial charge is 0.122 e. The van der Waals surface area contributed by atoms with E-state index in [1.54, 1.807) is 0 Å². The molecule has 0 aromatic heterocycles. The highest BCUT2D eigenvalue weighted by Gasteiger charge is 2.22. The molecule has 0 unspecified atom stereocenters. The molecule has 114 valence electrons. The maximum absolute atomic E-state index is 9.21. The fourth-order valence-corrected chi connectivity index (χ4v) is 2.80. The third-order valence-corrected chi connectivity index (χ3v) is 4.09. The number of morpholine rings is 1. The lowest BCUT2D eigenvalue weighted by atomic mass is 9.99. The minimum atomic E-state index is -0.178. The molecular weight excluding hydrogens is 286 g/mol. The Kier molecular flexibility index (Phi) is 4.68. The molecular formula is C19H17N3O. The van der Waals surface area contributed by atoms with Gasteiger partial charge in [0.2, 0.25) is 0 Å². The average Bonchev–Trinajstić information content (AvgIpc) is 2.63. The summed E-state index contributed by atoms with van der Waals surface area (Å²) in [7, 11) is 0. The van der Waals surface area contributed by atoms with Gasteiger partial charge in [-0.2, -0.15) is 10.5 Å². The predicted molar refractivity (Wildman–Crippen MR) is 87.2 cm³/mol. The minimum Gasteiger partial charge on any atom is -0.377 e. The summed E-state index contributed by atoms with van der Waals surface area (Å²) in [5.74, 6) is 0. The SMILES string of the molecule is N#Cc1ccccc1-c1ccc(CN2CCOC[C@@H]2C#N)cc1. The summed E-state index contributed by atoms with van der Waals surface area (Å²) in [6.07, 6.45) is 0. The second-order valence-corrected chi connectivity index (χ2v) is 5.54. The molecule has 2 aromatic rings. The molecule has 1 heterocycles. The van der Waals surface area contributed by atoms with E-state index in [1.165, 1.54) is 0 Å².